The Kier molecular flexibility index (Phi) is 8.42. The second kappa shape index (κ2) is 11.6. The number of amides is 2. The quantitative estimate of drug-likeness (QED) is 0.296. The van der Waals surface area contributed by atoms with Gasteiger partial charge in [0.1, 0.15) is 28.4 Å². The van der Waals surface area contributed by atoms with Crippen LogP contribution in [-0.2, 0) is 4.79 Å². The zero-order valence-corrected chi connectivity index (χ0v) is 26.1. The van der Waals surface area contributed by atoms with E-state index in [-0.39, 0.29) is 22.6 Å². The van der Waals surface area contributed by atoms with Gasteiger partial charge in [-0.05, 0) is 77.3 Å². The first-order valence-corrected chi connectivity index (χ1v) is 15.1. The van der Waals surface area contributed by atoms with Crippen LogP contribution in [0.25, 0.3) is 21.9 Å². The molecular weight excluding hydrogens is 590 g/mol. The first-order valence-electron chi connectivity index (χ1n) is 15.1. The number of hydrogen-bond acceptors (Lipinski definition) is 6. The standard InChI is InChI=1S/C33H39F4N5O3/c1-30(2,3)42-14-12-41(13-15-42)29(44)21-7-9-25-23(16-21)22-8-6-20(17-26(22)45-25)27(33(35,36)37)39-24(18-31(4,5)34)28(43)40-32(19-38)10-11-32/h6-9,16-17,24,27,39H,10-15,18H2,1-5H3,(H,40,43). The second-order valence-corrected chi connectivity index (χ2v) is 13.8. The van der Waals surface area contributed by atoms with E-state index in [1.165, 1.54) is 32.0 Å². The van der Waals surface area contributed by atoms with E-state index in [1.807, 2.05) is 6.07 Å². The number of furan rings is 1. The lowest BCUT2D eigenvalue weighted by Crippen LogP contribution is -2.54. The number of hydrogen-bond donors (Lipinski definition) is 2. The normalized spacial score (nSPS) is 18.9. The van der Waals surface area contributed by atoms with E-state index in [0.717, 1.165) is 13.1 Å². The Hall–Kier alpha value is -3.69. The van der Waals surface area contributed by atoms with Crippen LogP contribution in [0, 0.1) is 11.3 Å². The monoisotopic (exact) mass is 629 g/mol. The molecule has 1 saturated carbocycles. The topological polar surface area (TPSA) is 102 Å². The molecule has 242 valence electrons. The number of fused-ring (bicyclic) bond motifs is 3. The van der Waals surface area contributed by atoms with Crippen LogP contribution >= 0.6 is 0 Å². The van der Waals surface area contributed by atoms with E-state index in [2.05, 4.69) is 36.3 Å². The Bertz CT molecular complexity index is 1630. The molecule has 2 aromatic carbocycles. The summed E-state index contributed by atoms with van der Waals surface area (Å²) in [5.74, 6) is -0.988. The minimum Gasteiger partial charge on any atom is -0.456 e. The number of benzene rings is 2. The summed E-state index contributed by atoms with van der Waals surface area (Å²) in [6.45, 7) is 11.5. The van der Waals surface area contributed by atoms with Gasteiger partial charge in [-0.2, -0.15) is 18.4 Å². The molecule has 12 heteroatoms. The van der Waals surface area contributed by atoms with Gasteiger partial charge in [0.15, 0.2) is 0 Å². The largest absolute Gasteiger partial charge is 0.456 e. The van der Waals surface area contributed by atoms with E-state index in [4.69, 9.17) is 4.42 Å². The van der Waals surface area contributed by atoms with Gasteiger partial charge >= 0.3 is 6.18 Å². The van der Waals surface area contributed by atoms with Crippen LogP contribution in [0.1, 0.15) is 75.8 Å². The first-order chi connectivity index (χ1) is 20.9. The summed E-state index contributed by atoms with van der Waals surface area (Å²) in [7, 11) is 0. The average Bonchev–Trinajstić information content (AvgIpc) is 3.63. The zero-order chi connectivity index (χ0) is 32.9. The Morgan fingerprint density at radius 1 is 0.956 bits per heavy atom. The van der Waals surface area contributed by atoms with Gasteiger partial charge in [0.05, 0.1) is 12.1 Å². The van der Waals surface area contributed by atoms with E-state index in [1.54, 1.807) is 23.1 Å². The maximum atomic E-state index is 14.7. The van der Waals surface area contributed by atoms with Crippen molar-refractivity contribution in [3.8, 4) is 6.07 Å². The molecule has 2 atom stereocenters. The number of piperazine rings is 1. The third kappa shape index (κ3) is 7.25. The molecular formula is C33H39F4N5O3. The predicted molar refractivity (Wildman–Crippen MR) is 162 cm³/mol. The van der Waals surface area contributed by atoms with Crippen molar-refractivity contribution in [2.45, 2.75) is 88.9 Å². The lowest BCUT2D eigenvalue weighted by Gasteiger charge is -2.42. The molecule has 2 heterocycles. The molecule has 2 unspecified atom stereocenters. The number of carbonyl (C=O) groups is 2. The first kappa shape index (κ1) is 32.7. The average molecular weight is 630 g/mol. The predicted octanol–water partition coefficient (Wildman–Crippen LogP) is 6.01. The summed E-state index contributed by atoms with van der Waals surface area (Å²) in [6, 6.07) is 7.11. The molecule has 0 radical (unpaired) electrons. The summed E-state index contributed by atoms with van der Waals surface area (Å²) < 4.78 is 64.0. The highest BCUT2D eigenvalue weighted by atomic mass is 19.4. The molecule has 1 aromatic heterocycles. The van der Waals surface area contributed by atoms with Crippen LogP contribution in [0.4, 0.5) is 17.6 Å². The van der Waals surface area contributed by atoms with E-state index >= 15 is 0 Å². The molecule has 1 aliphatic carbocycles. The van der Waals surface area contributed by atoms with Crippen molar-refractivity contribution in [1.29, 1.82) is 5.26 Å². The molecule has 45 heavy (non-hydrogen) atoms. The number of alkyl halides is 4. The molecule has 8 nitrogen and oxygen atoms in total. The molecule has 3 aromatic rings. The maximum Gasteiger partial charge on any atom is 0.407 e. The Morgan fingerprint density at radius 2 is 1.62 bits per heavy atom. The third-order valence-corrected chi connectivity index (χ3v) is 8.62. The fraction of sp³-hybridized carbons (Fsp3) is 0.545. The van der Waals surface area contributed by atoms with Crippen molar-refractivity contribution >= 4 is 33.8 Å². The smallest absolute Gasteiger partial charge is 0.407 e. The number of nitrogens with zero attached hydrogens (tertiary/aromatic N) is 3. The van der Waals surface area contributed by atoms with Gasteiger partial charge in [0.2, 0.25) is 5.91 Å². The lowest BCUT2D eigenvalue weighted by molar-refractivity contribution is -0.161. The lowest BCUT2D eigenvalue weighted by atomic mass is 9.96. The Balaban J connectivity index is 1.41. The Labute approximate surface area is 259 Å². The maximum absolute atomic E-state index is 14.7. The second-order valence-electron chi connectivity index (χ2n) is 13.8. The summed E-state index contributed by atoms with van der Waals surface area (Å²) in [4.78, 5) is 30.5. The molecule has 5 rings (SSSR count). The fourth-order valence-electron chi connectivity index (χ4n) is 5.88. The van der Waals surface area contributed by atoms with Crippen molar-refractivity contribution in [2.24, 2.45) is 0 Å². The van der Waals surface area contributed by atoms with Crippen LogP contribution in [0.3, 0.4) is 0 Å². The third-order valence-electron chi connectivity index (χ3n) is 8.62. The summed E-state index contributed by atoms with van der Waals surface area (Å²) >= 11 is 0. The number of halogens is 4. The molecule has 2 amide bonds. The van der Waals surface area contributed by atoms with Crippen LogP contribution < -0.4 is 10.6 Å². The van der Waals surface area contributed by atoms with E-state index in [9.17, 15) is 32.4 Å². The van der Waals surface area contributed by atoms with Crippen molar-refractivity contribution in [3.63, 3.8) is 0 Å². The molecule has 2 fully saturated rings. The summed E-state index contributed by atoms with van der Waals surface area (Å²) in [5, 5.41) is 15.3. The van der Waals surface area contributed by atoms with Gasteiger partial charge in [-0.25, -0.2) is 4.39 Å². The number of rotatable bonds is 8. The van der Waals surface area contributed by atoms with E-state index < -0.39 is 41.8 Å². The molecule has 1 saturated heterocycles. The van der Waals surface area contributed by atoms with Crippen molar-refractivity contribution in [2.75, 3.05) is 26.2 Å². The Morgan fingerprint density at radius 3 is 2.18 bits per heavy atom. The minimum absolute atomic E-state index is 0.0112. The SMILES string of the molecule is CC(C)(F)CC(NC(c1ccc2c(c1)oc1ccc(C(=O)N3CCN(C(C)(C)C)CC3)cc12)C(F)(F)F)C(=O)NC1(C#N)CC1. The molecule has 0 bridgehead atoms. The highest BCUT2D eigenvalue weighted by Crippen LogP contribution is 2.39. The van der Waals surface area contributed by atoms with Gasteiger partial charge < -0.3 is 14.6 Å². The minimum atomic E-state index is -4.85. The van der Waals surface area contributed by atoms with Crippen LogP contribution in [0.5, 0.6) is 0 Å². The van der Waals surface area contributed by atoms with Crippen LogP contribution in [-0.4, -0.2) is 76.8 Å². The number of nitriles is 1. The molecule has 2 N–H and O–H groups in total. The fourth-order valence-corrected chi connectivity index (χ4v) is 5.88. The van der Waals surface area contributed by atoms with Gasteiger partial charge in [-0.15, -0.1) is 0 Å². The highest BCUT2D eigenvalue weighted by Gasteiger charge is 2.48. The van der Waals surface area contributed by atoms with Gasteiger partial charge in [-0.3, -0.25) is 19.8 Å². The van der Waals surface area contributed by atoms with Crippen molar-refractivity contribution in [3.05, 3.63) is 47.5 Å². The van der Waals surface area contributed by atoms with Gasteiger partial charge in [0.25, 0.3) is 5.91 Å². The molecule has 1 aliphatic heterocycles. The molecule has 2 aliphatic rings. The zero-order valence-electron chi connectivity index (χ0n) is 26.1. The summed E-state index contributed by atoms with van der Waals surface area (Å²) in [5.41, 5.74) is -2.26. The van der Waals surface area contributed by atoms with Crippen LogP contribution in [0.15, 0.2) is 40.8 Å². The van der Waals surface area contributed by atoms with E-state index in [0.29, 0.717) is 47.9 Å². The van der Waals surface area contributed by atoms with Crippen LogP contribution in [0.2, 0.25) is 0 Å². The van der Waals surface area contributed by atoms with Crippen molar-refractivity contribution < 1.29 is 31.6 Å². The number of nitrogens with one attached hydrogen (secondary N) is 2. The van der Waals surface area contributed by atoms with Crippen molar-refractivity contribution in [1.82, 2.24) is 20.4 Å². The van der Waals surface area contributed by atoms with Gasteiger partial charge in [0, 0.05) is 54.5 Å². The molecule has 0 spiro atoms. The highest BCUT2D eigenvalue weighted by molar-refractivity contribution is 6.08. The number of carbonyl (C=O) groups excluding carboxylic acids is 2. The van der Waals surface area contributed by atoms with Gasteiger partial charge in [-0.1, -0.05) is 12.1 Å². The summed E-state index contributed by atoms with van der Waals surface area (Å²) in [6.07, 6.45) is -4.62.